The molecule has 0 aliphatic carbocycles. The largest absolute Gasteiger partial charge is 0.324 e. The zero-order valence-corrected chi connectivity index (χ0v) is 9.15. The van der Waals surface area contributed by atoms with Crippen molar-refractivity contribution in [2.75, 3.05) is 0 Å². The summed E-state index contributed by atoms with van der Waals surface area (Å²) in [6.07, 6.45) is 0. The fourth-order valence-corrected chi connectivity index (χ4v) is 1.66. The maximum Gasteiger partial charge on any atom is 0.131 e. The maximum atomic E-state index is 13.5. The first-order valence-corrected chi connectivity index (χ1v) is 5.29. The molecule has 1 atom stereocenters. The van der Waals surface area contributed by atoms with E-state index in [2.05, 4.69) is 0 Å². The highest BCUT2D eigenvalue weighted by atomic mass is 19.1. The molecule has 0 aromatic heterocycles. The normalized spacial score (nSPS) is 12.4. The first-order chi connectivity index (χ1) is 7.68. The van der Waals surface area contributed by atoms with E-state index in [1.165, 1.54) is 6.07 Å². The van der Waals surface area contributed by atoms with Gasteiger partial charge in [0.05, 0.1) is 0 Å². The third-order valence-corrected chi connectivity index (χ3v) is 2.62. The Morgan fingerprint density at radius 3 is 2.19 bits per heavy atom. The Balaban J connectivity index is 2.39. The summed E-state index contributed by atoms with van der Waals surface area (Å²) in [6.45, 7) is 1.93. The molecule has 0 amide bonds. The number of benzene rings is 2. The van der Waals surface area contributed by atoms with E-state index in [4.69, 9.17) is 5.73 Å². The molecule has 0 spiro atoms. The molecule has 82 valence electrons. The van der Waals surface area contributed by atoms with Gasteiger partial charge in [-0.05, 0) is 24.1 Å². The van der Waals surface area contributed by atoms with Crippen LogP contribution in [0.1, 0.15) is 18.5 Å². The summed E-state index contributed by atoms with van der Waals surface area (Å²) in [4.78, 5) is 0. The van der Waals surface area contributed by atoms with Crippen molar-refractivity contribution in [2.45, 2.75) is 13.0 Å². The molecule has 2 heteroatoms. The smallest absolute Gasteiger partial charge is 0.131 e. The molecule has 0 aliphatic heterocycles. The number of nitrogens with two attached hydrogens (primary N) is 1. The Morgan fingerprint density at radius 2 is 1.62 bits per heavy atom. The van der Waals surface area contributed by atoms with Gasteiger partial charge in [0.1, 0.15) is 5.82 Å². The van der Waals surface area contributed by atoms with Crippen LogP contribution in [0.25, 0.3) is 11.1 Å². The fourth-order valence-electron chi connectivity index (χ4n) is 1.66. The van der Waals surface area contributed by atoms with Gasteiger partial charge in [-0.15, -0.1) is 0 Å². The van der Waals surface area contributed by atoms with E-state index < -0.39 is 0 Å². The zero-order valence-electron chi connectivity index (χ0n) is 9.15. The van der Waals surface area contributed by atoms with Crippen LogP contribution in [0, 0.1) is 5.82 Å². The van der Waals surface area contributed by atoms with Crippen molar-refractivity contribution < 1.29 is 4.39 Å². The summed E-state index contributed by atoms with van der Waals surface area (Å²) in [5, 5.41) is 0. The molecule has 2 rings (SSSR count). The minimum atomic E-state index is -0.198. The van der Waals surface area contributed by atoms with Crippen molar-refractivity contribution in [3.05, 3.63) is 59.9 Å². The molecule has 0 bridgehead atoms. The lowest BCUT2D eigenvalue weighted by atomic mass is 10.0. The van der Waals surface area contributed by atoms with E-state index in [0.717, 1.165) is 11.1 Å². The Labute approximate surface area is 94.7 Å². The van der Waals surface area contributed by atoms with Gasteiger partial charge < -0.3 is 5.73 Å². The fraction of sp³-hybridized carbons (Fsp3) is 0.143. The molecule has 2 N–H and O–H groups in total. The number of rotatable bonds is 2. The topological polar surface area (TPSA) is 26.0 Å². The highest BCUT2D eigenvalue weighted by Gasteiger charge is 2.04. The van der Waals surface area contributed by atoms with Crippen LogP contribution in [0.3, 0.4) is 0 Å². The van der Waals surface area contributed by atoms with Crippen molar-refractivity contribution in [1.82, 2.24) is 0 Å². The van der Waals surface area contributed by atoms with Crippen molar-refractivity contribution in [1.29, 1.82) is 0 Å². The van der Waals surface area contributed by atoms with Crippen LogP contribution in [-0.2, 0) is 0 Å². The summed E-state index contributed by atoms with van der Waals surface area (Å²) in [6, 6.07) is 14.4. The van der Waals surface area contributed by atoms with Gasteiger partial charge in [-0.2, -0.15) is 0 Å². The van der Waals surface area contributed by atoms with E-state index in [1.54, 1.807) is 12.1 Å². The van der Waals surface area contributed by atoms with Gasteiger partial charge >= 0.3 is 0 Å². The van der Waals surface area contributed by atoms with E-state index in [9.17, 15) is 4.39 Å². The average molecular weight is 215 g/mol. The lowest BCUT2D eigenvalue weighted by Gasteiger charge is -2.07. The van der Waals surface area contributed by atoms with Gasteiger partial charge in [-0.3, -0.25) is 0 Å². The second kappa shape index (κ2) is 4.45. The monoisotopic (exact) mass is 215 g/mol. The summed E-state index contributed by atoms with van der Waals surface area (Å²) in [5.41, 5.74) is 8.32. The number of hydrogen-bond acceptors (Lipinski definition) is 1. The molecule has 0 saturated heterocycles. The quantitative estimate of drug-likeness (QED) is 0.815. The molecule has 0 heterocycles. The standard InChI is InChI=1S/C14H14FN/c1-10(16)11-6-8-12(9-7-11)13-4-2-3-5-14(13)15/h2-10H,16H2,1H3/t10-/m0/s1. The van der Waals surface area contributed by atoms with Gasteiger partial charge in [0, 0.05) is 11.6 Å². The van der Waals surface area contributed by atoms with E-state index in [-0.39, 0.29) is 11.9 Å². The number of hydrogen-bond donors (Lipinski definition) is 1. The minimum absolute atomic E-state index is 0.00895. The summed E-state index contributed by atoms with van der Waals surface area (Å²) >= 11 is 0. The van der Waals surface area contributed by atoms with Crippen LogP contribution in [0.2, 0.25) is 0 Å². The minimum Gasteiger partial charge on any atom is -0.324 e. The Kier molecular flexibility index (Phi) is 3.02. The summed E-state index contributed by atoms with van der Waals surface area (Å²) < 4.78 is 13.5. The van der Waals surface area contributed by atoms with Crippen LogP contribution in [0.4, 0.5) is 4.39 Å². The average Bonchev–Trinajstić information content (AvgIpc) is 2.30. The highest BCUT2D eigenvalue weighted by Crippen LogP contribution is 2.23. The first kappa shape index (κ1) is 10.8. The number of halogens is 1. The van der Waals surface area contributed by atoms with Crippen LogP contribution < -0.4 is 5.73 Å². The lowest BCUT2D eigenvalue weighted by molar-refractivity contribution is 0.631. The van der Waals surface area contributed by atoms with Gasteiger partial charge in [-0.1, -0.05) is 42.5 Å². The SMILES string of the molecule is C[C@H](N)c1ccc(-c2ccccc2F)cc1. The maximum absolute atomic E-state index is 13.5. The Bertz CT molecular complexity index is 474. The van der Waals surface area contributed by atoms with Crippen molar-refractivity contribution in [3.8, 4) is 11.1 Å². The van der Waals surface area contributed by atoms with Crippen molar-refractivity contribution in [3.63, 3.8) is 0 Å². The van der Waals surface area contributed by atoms with Crippen LogP contribution in [-0.4, -0.2) is 0 Å². The predicted octanol–water partition coefficient (Wildman–Crippen LogP) is 3.51. The second-order valence-corrected chi connectivity index (χ2v) is 3.89. The molecule has 0 fully saturated rings. The molecule has 16 heavy (non-hydrogen) atoms. The van der Waals surface area contributed by atoms with Crippen molar-refractivity contribution >= 4 is 0 Å². The molecule has 2 aromatic carbocycles. The zero-order chi connectivity index (χ0) is 11.5. The third kappa shape index (κ3) is 2.12. The molecule has 0 saturated carbocycles. The molecule has 0 unspecified atom stereocenters. The van der Waals surface area contributed by atoms with Gasteiger partial charge in [0.25, 0.3) is 0 Å². The van der Waals surface area contributed by atoms with Crippen LogP contribution in [0.5, 0.6) is 0 Å². The Hall–Kier alpha value is -1.67. The van der Waals surface area contributed by atoms with Gasteiger partial charge in [0.15, 0.2) is 0 Å². The molecular weight excluding hydrogens is 201 g/mol. The van der Waals surface area contributed by atoms with E-state index in [1.807, 2.05) is 37.3 Å². The molecule has 1 nitrogen and oxygen atoms in total. The second-order valence-electron chi connectivity index (χ2n) is 3.89. The predicted molar refractivity (Wildman–Crippen MR) is 64.4 cm³/mol. The summed E-state index contributed by atoms with van der Waals surface area (Å²) in [7, 11) is 0. The van der Waals surface area contributed by atoms with E-state index in [0.29, 0.717) is 5.56 Å². The first-order valence-electron chi connectivity index (χ1n) is 5.29. The molecule has 2 aromatic rings. The molecule has 0 aliphatic rings. The lowest BCUT2D eigenvalue weighted by Crippen LogP contribution is -2.04. The van der Waals surface area contributed by atoms with Gasteiger partial charge in [0.2, 0.25) is 0 Å². The molecule has 0 radical (unpaired) electrons. The summed E-state index contributed by atoms with van der Waals surface area (Å²) in [5.74, 6) is -0.198. The van der Waals surface area contributed by atoms with Gasteiger partial charge in [-0.25, -0.2) is 4.39 Å². The highest BCUT2D eigenvalue weighted by molar-refractivity contribution is 5.64. The third-order valence-electron chi connectivity index (χ3n) is 2.62. The van der Waals surface area contributed by atoms with Crippen LogP contribution >= 0.6 is 0 Å². The van der Waals surface area contributed by atoms with Crippen molar-refractivity contribution in [2.24, 2.45) is 5.73 Å². The van der Waals surface area contributed by atoms with E-state index >= 15 is 0 Å². The Morgan fingerprint density at radius 1 is 1.00 bits per heavy atom. The molecular formula is C14H14FN. The van der Waals surface area contributed by atoms with Crippen LogP contribution in [0.15, 0.2) is 48.5 Å².